The van der Waals surface area contributed by atoms with Crippen LogP contribution in [-0.4, -0.2) is 6.61 Å². The molecule has 0 amide bonds. The van der Waals surface area contributed by atoms with Crippen molar-refractivity contribution in [3.8, 4) is 11.8 Å². The summed E-state index contributed by atoms with van der Waals surface area (Å²) in [5.41, 5.74) is 1.40. The number of rotatable bonds is 5. The molecule has 90 valence electrons. The number of para-hydroxylation sites is 1. The maximum absolute atomic E-state index is 8.78. The Labute approximate surface area is 103 Å². The lowest BCUT2D eigenvalue weighted by Crippen LogP contribution is -2.13. The first-order chi connectivity index (χ1) is 8.17. The molecule has 0 N–H and O–H groups in total. The zero-order valence-electron chi connectivity index (χ0n) is 10.6. The van der Waals surface area contributed by atoms with Crippen LogP contribution in [0.1, 0.15) is 44.6 Å². The van der Waals surface area contributed by atoms with E-state index < -0.39 is 0 Å². The lowest BCUT2D eigenvalue weighted by atomic mass is 10.0. The molecule has 0 unspecified atom stereocenters. The third-order valence-corrected chi connectivity index (χ3v) is 3.49. The van der Waals surface area contributed by atoms with Gasteiger partial charge >= 0.3 is 0 Å². The molecule has 1 aliphatic carbocycles. The summed E-state index contributed by atoms with van der Waals surface area (Å²) in [7, 11) is 0. The molecular formula is C15H19NO. The monoisotopic (exact) mass is 229 g/mol. The Morgan fingerprint density at radius 2 is 2.06 bits per heavy atom. The highest BCUT2D eigenvalue weighted by molar-refractivity contribution is 5.35. The highest BCUT2D eigenvalue weighted by atomic mass is 16.5. The van der Waals surface area contributed by atoms with Crippen LogP contribution in [0.5, 0.6) is 5.75 Å². The van der Waals surface area contributed by atoms with Crippen molar-refractivity contribution < 1.29 is 4.74 Å². The van der Waals surface area contributed by atoms with Gasteiger partial charge in [-0.25, -0.2) is 0 Å². The highest BCUT2D eigenvalue weighted by Crippen LogP contribution is 2.48. The van der Waals surface area contributed by atoms with Gasteiger partial charge in [0.05, 0.1) is 12.7 Å². The summed E-state index contributed by atoms with van der Waals surface area (Å²) >= 11 is 0. The van der Waals surface area contributed by atoms with Crippen molar-refractivity contribution in [2.24, 2.45) is 5.41 Å². The molecule has 1 fully saturated rings. The van der Waals surface area contributed by atoms with Crippen LogP contribution in [0.3, 0.4) is 0 Å². The van der Waals surface area contributed by atoms with Crippen molar-refractivity contribution in [2.75, 3.05) is 6.61 Å². The van der Waals surface area contributed by atoms with E-state index in [-0.39, 0.29) is 5.41 Å². The van der Waals surface area contributed by atoms with E-state index in [9.17, 15) is 0 Å². The van der Waals surface area contributed by atoms with Gasteiger partial charge < -0.3 is 4.74 Å². The van der Waals surface area contributed by atoms with Crippen molar-refractivity contribution in [2.45, 2.75) is 39.0 Å². The molecule has 0 spiro atoms. The topological polar surface area (TPSA) is 33.0 Å². The average Bonchev–Trinajstić information content (AvgIpc) is 3.08. The van der Waals surface area contributed by atoms with Crippen molar-refractivity contribution in [1.82, 2.24) is 0 Å². The van der Waals surface area contributed by atoms with Crippen molar-refractivity contribution in [3.05, 3.63) is 29.8 Å². The van der Waals surface area contributed by atoms with E-state index in [4.69, 9.17) is 10.00 Å². The number of ether oxygens (including phenoxy) is 1. The molecule has 1 aliphatic rings. The fraction of sp³-hybridized carbons (Fsp3) is 0.533. The van der Waals surface area contributed by atoms with Gasteiger partial charge in [-0.2, -0.15) is 5.26 Å². The van der Waals surface area contributed by atoms with Gasteiger partial charge in [0, 0.05) is 11.8 Å². The second-order valence-electron chi connectivity index (χ2n) is 5.32. The summed E-state index contributed by atoms with van der Waals surface area (Å²) in [6.45, 7) is 5.03. The molecule has 0 aromatic heterocycles. The molecule has 2 rings (SSSR count). The van der Waals surface area contributed by atoms with Crippen LogP contribution in [0.4, 0.5) is 0 Å². The maximum atomic E-state index is 8.78. The number of benzene rings is 1. The minimum atomic E-state index is 0.152. The fourth-order valence-electron chi connectivity index (χ4n) is 2.04. The lowest BCUT2D eigenvalue weighted by Gasteiger charge is -2.17. The molecule has 0 bridgehead atoms. The summed E-state index contributed by atoms with van der Waals surface area (Å²) in [5, 5.41) is 8.78. The van der Waals surface area contributed by atoms with Crippen molar-refractivity contribution in [1.29, 1.82) is 5.26 Å². The summed E-state index contributed by atoms with van der Waals surface area (Å²) in [6.07, 6.45) is 2.88. The smallest absolute Gasteiger partial charge is 0.122 e. The van der Waals surface area contributed by atoms with Gasteiger partial charge in [0.15, 0.2) is 0 Å². The Morgan fingerprint density at radius 3 is 2.65 bits per heavy atom. The summed E-state index contributed by atoms with van der Waals surface area (Å²) in [5.74, 6) is 1.45. The Morgan fingerprint density at radius 1 is 1.35 bits per heavy atom. The van der Waals surface area contributed by atoms with Crippen LogP contribution in [-0.2, 0) is 0 Å². The molecule has 2 heteroatoms. The Hall–Kier alpha value is -1.49. The first-order valence-corrected chi connectivity index (χ1v) is 6.25. The number of hydrogen-bond acceptors (Lipinski definition) is 2. The molecule has 1 aromatic carbocycles. The van der Waals surface area contributed by atoms with Gasteiger partial charge in [-0.1, -0.05) is 32.0 Å². The molecule has 0 atom stereocenters. The van der Waals surface area contributed by atoms with Gasteiger partial charge in [0.25, 0.3) is 0 Å². The minimum Gasteiger partial charge on any atom is -0.493 e. The molecule has 17 heavy (non-hydrogen) atoms. The van der Waals surface area contributed by atoms with E-state index in [1.54, 1.807) is 0 Å². The minimum absolute atomic E-state index is 0.152. The summed E-state index contributed by atoms with van der Waals surface area (Å²) in [6, 6.07) is 10.5. The highest BCUT2D eigenvalue weighted by Gasteiger charge is 2.43. The first kappa shape index (κ1) is 12.0. The molecule has 0 radical (unpaired) electrons. The van der Waals surface area contributed by atoms with Gasteiger partial charge in [-0.3, -0.25) is 0 Å². The molecule has 0 heterocycles. The third-order valence-electron chi connectivity index (χ3n) is 3.49. The SMILES string of the molecule is CC(C)c1ccccc1OCC1(CC#N)CC1. The Balaban J connectivity index is 2.02. The van der Waals surface area contributed by atoms with Crippen LogP contribution in [0, 0.1) is 16.7 Å². The quantitative estimate of drug-likeness (QED) is 0.767. The van der Waals surface area contributed by atoms with Crippen molar-refractivity contribution in [3.63, 3.8) is 0 Å². The number of nitrogens with zero attached hydrogens (tertiary/aromatic N) is 1. The molecule has 2 nitrogen and oxygen atoms in total. The van der Waals surface area contributed by atoms with Gasteiger partial charge in [0.1, 0.15) is 5.75 Å². The Bertz CT molecular complexity index is 427. The van der Waals surface area contributed by atoms with Crippen molar-refractivity contribution >= 4 is 0 Å². The normalized spacial score (nSPS) is 16.6. The molecular weight excluding hydrogens is 210 g/mol. The third kappa shape index (κ3) is 2.79. The zero-order valence-corrected chi connectivity index (χ0v) is 10.6. The van der Waals surface area contributed by atoms with E-state index in [0.717, 1.165) is 18.6 Å². The van der Waals surface area contributed by atoms with E-state index in [1.165, 1.54) is 5.56 Å². The van der Waals surface area contributed by atoms with E-state index in [0.29, 0.717) is 18.9 Å². The number of nitriles is 1. The van der Waals surface area contributed by atoms with Gasteiger partial charge in [-0.05, 0) is 30.4 Å². The fourth-order valence-corrected chi connectivity index (χ4v) is 2.04. The molecule has 1 aromatic rings. The predicted molar refractivity (Wildman–Crippen MR) is 67.9 cm³/mol. The van der Waals surface area contributed by atoms with Crippen LogP contribution >= 0.6 is 0 Å². The van der Waals surface area contributed by atoms with Crippen LogP contribution in [0.25, 0.3) is 0 Å². The average molecular weight is 229 g/mol. The van der Waals surface area contributed by atoms with Crippen LogP contribution < -0.4 is 4.74 Å². The predicted octanol–water partition coefficient (Wildman–Crippen LogP) is 3.88. The van der Waals surface area contributed by atoms with Crippen LogP contribution in [0.15, 0.2) is 24.3 Å². The van der Waals surface area contributed by atoms with E-state index >= 15 is 0 Å². The molecule has 0 aliphatic heterocycles. The second-order valence-corrected chi connectivity index (χ2v) is 5.32. The zero-order chi connectivity index (χ0) is 12.3. The first-order valence-electron chi connectivity index (χ1n) is 6.25. The largest absolute Gasteiger partial charge is 0.493 e. The lowest BCUT2D eigenvalue weighted by molar-refractivity contribution is 0.234. The molecule has 1 saturated carbocycles. The maximum Gasteiger partial charge on any atom is 0.122 e. The Kier molecular flexibility index (Phi) is 3.38. The van der Waals surface area contributed by atoms with Gasteiger partial charge in [0.2, 0.25) is 0 Å². The molecule has 0 saturated heterocycles. The standard InChI is InChI=1S/C15H19NO/c1-12(2)13-5-3-4-6-14(13)17-11-15(7-8-15)9-10-16/h3-6,12H,7-9,11H2,1-2H3. The van der Waals surface area contributed by atoms with E-state index in [1.807, 2.05) is 18.2 Å². The summed E-state index contributed by atoms with van der Waals surface area (Å²) in [4.78, 5) is 0. The second kappa shape index (κ2) is 4.79. The summed E-state index contributed by atoms with van der Waals surface area (Å²) < 4.78 is 5.93. The number of hydrogen-bond donors (Lipinski definition) is 0. The van der Waals surface area contributed by atoms with Crippen LogP contribution in [0.2, 0.25) is 0 Å². The van der Waals surface area contributed by atoms with E-state index in [2.05, 4.69) is 26.0 Å². The van der Waals surface area contributed by atoms with Gasteiger partial charge in [-0.15, -0.1) is 0 Å².